The van der Waals surface area contributed by atoms with Gasteiger partial charge in [-0.1, -0.05) is 24.3 Å². The molecule has 0 aliphatic heterocycles. The summed E-state index contributed by atoms with van der Waals surface area (Å²) >= 11 is 0. The van der Waals surface area contributed by atoms with E-state index in [-0.39, 0.29) is 18.7 Å². The molecule has 4 heteroatoms. The van der Waals surface area contributed by atoms with Crippen molar-refractivity contribution in [3.05, 3.63) is 35.4 Å². The summed E-state index contributed by atoms with van der Waals surface area (Å²) in [5.74, 6) is 0.550. The number of rotatable bonds is 4. The van der Waals surface area contributed by atoms with Crippen LogP contribution < -0.4 is 10.6 Å². The highest BCUT2D eigenvalue weighted by Gasteiger charge is 2.56. The number of fused-ring (bicyclic) bond motifs is 2. The molecule has 2 aliphatic carbocycles. The first-order valence-corrected chi connectivity index (χ1v) is 7.89. The van der Waals surface area contributed by atoms with Gasteiger partial charge in [-0.3, -0.25) is 0 Å². The van der Waals surface area contributed by atoms with E-state index in [1.807, 2.05) is 0 Å². The second-order valence-electron chi connectivity index (χ2n) is 6.51. The van der Waals surface area contributed by atoms with Crippen LogP contribution in [0.2, 0.25) is 0 Å². The fourth-order valence-corrected chi connectivity index (χ4v) is 3.77. The first-order chi connectivity index (χ1) is 10.2. The van der Waals surface area contributed by atoms with Crippen LogP contribution in [0.1, 0.15) is 37.3 Å². The summed E-state index contributed by atoms with van der Waals surface area (Å²) in [5, 5.41) is 14.6. The summed E-state index contributed by atoms with van der Waals surface area (Å²) in [7, 11) is 0. The third kappa shape index (κ3) is 2.77. The van der Waals surface area contributed by atoms with Crippen molar-refractivity contribution < 1.29 is 9.90 Å². The molecular formula is C17H24N2O2. The molecule has 3 unspecified atom stereocenters. The summed E-state index contributed by atoms with van der Waals surface area (Å²) in [5.41, 5.74) is 3.31. The third-order valence-electron chi connectivity index (χ3n) is 5.02. The monoisotopic (exact) mass is 288 g/mol. The van der Waals surface area contributed by atoms with Crippen LogP contribution in [-0.4, -0.2) is 30.3 Å². The van der Waals surface area contributed by atoms with Gasteiger partial charge in [0.15, 0.2) is 0 Å². The minimum absolute atomic E-state index is 0.0336. The Hall–Kier alpha value is -1.55. The molecule has 114 valence electrons. The summed E-state index contributed by atoms with van der Waals surface area (Å²) < 4.78 is 0. The first kappa shape index (κ1) is 14.4. The van der Waals surface area contributed by atoms with Gasteiger partial charge in [0.1, 0.15) is 0 Å². The fourth-order valence-electron chi connectivity index (χ4n) is 3.77. The highest BCUT2D eigenvalue weighted by atomic mass is 16.3. The highest BCUT2D eigenvalue weighted by Crippen LogP contribution is 2.59. The number of aliphatic hydroxyl groups excluding tert-OH is 1. The predicted molar refractivity (Wildman–Crippen MR) is 82.2 cm³/mol. The average molecular weight is 288 g/mol. The molecule has 0 heterocycles. The molecule has 3 atom stereocenters. The van der Waals surface area contributed by atoms with E-state index in [9.17, 15) is 4.79 Å². The van der Waals surface area contributed by atoms with E-state index in [1.165, 1.54) is 36.8 Å². The molecule has 4 nitrogen and oxygen atoms in total. The molecular weight excluding hydrogens is 264 g/mol. The molecule has 0 saturated heterocycles. The van der Waals surface area contributed by atoms with Crippen LogP contribution in [0.15, 0.2) is 24.3 Å². The number of amides is 2. The van der Waals surface area contributed by atoms with Crippen LogP contribution in [0.3, 0.4) is 0 Å². The van der Waals surface area contributed by atoms with Crippen molar-refractivity contribution in [2.75, 3.05) is 13.2 Å². The molecule has 1 spiro atoms. The van der Waals surface area contributed by atoms with E-state index >= 15 is 0 Å². The zero-order valence-electron chi connectivity index (χ0n) is 12.6. The summed E-state index contributed by atoms with van der Waals surface area (Å²) in [6.45, 7) is 2.47. The predicted octanol–water partition coefficient (Wildman–Crippen LogP) is 1.96. The SMILES string of the molecule is CC(CO)NC(=O)NCC1CC12CCCc1ccccc12. The lowest BCUT2D eigenvalue weighted by Crippen LogP contribution is -2.43. The van der Waals surface area contributed by atoms with Gasteiger partial charge >= 0.3 is 6.03 Å². The smallest absolute Gasteiger partial charge is 0.315 e. The third-order valence-corrected chi connectivity index (χ3v) is 5.02. The normalized spacial score (nSPS) is 27.8. The number of carbonyl (C=O) groups excluding carboxylic acids is 1. The Morgan fingerprint density at radius 3 is 3.10 bits per heavy atom. The number of hydrogen-bond acceptors (Lipinski definition) is 2. The van der Waals surface area contributed by atoms with E-state index < -0.39 is 0 Å². The quantitative estimate of drug-likeness (QED) is 0.793. The van der Waals surface area contributed by atoms with Crippen molar-refractivity contribution in [2.24, 2.45) is 5.92 Å². The lowest BCUT2D eigenvalue weighted by molar-refractivity contribution is 0.220. The number of hydrogen-bond donors (Lipinski definition) is 3. The van der Waals surface area contributed by atoms with Crippen LogP contribution in [0.5, 0.6) is 0 Å². The molecule has 3 N–H and O–H groups in total. The van der Waals surface area contributed by atoms with E-state index in [4.69, 9.17) is 5.11 Å². The number of carbonyl (C=O) groups is 1. The highest BCUT2D eigenvalue weighted by molar-refractivity contribution is 5.74. The standard InChI is InChI=1S/C17H24N2O2/c1-12(11-20)19-16(21)18-10-14-9-17(14)8-4-6-13-5-2-3-7-15(13)17/h2-3,5,7,12,14,20H,4,6,8-11H2,1H3,(H2,18,19,21). The van der Waals surface area contributed by atoms with Gasteiger partial charge in [-0.2, -0.15) is 0 Å². The van der Waals surface area contributed by atoms with Gasteiger partial charge < -0.3 is 15.7 Å². The Bertz CT molecular complexity index is 531. The van der Waals surface area contributed by atoms with Gasteiger partial charge in [0, 0.05) is 12.0 Å². The number of urea groups is 1. The van der Waals surface area contributed by atoms with Crippen LogP contribution in [-0.2, 0) is 11.8 Å². The first-order valence-electron chi connectivity index (χ1n) is 7.89. The number of nitrogens with one attached hydrogen (secondary N) is 2. The summed E-state index contributed by atoms with van der Waals surface area (Å²) in [4.78, 5) is 11.7. The molecule has 1 saturated carbocycles. The maximum Gasteiger partial charge on any atom is 0.315 e. The number of aryl methyl sites for hydroxylation is 1. The Kier molecular flexibility index (Phi) is 3.89. The van der Waals surface area contributed by atoms with Gasteiger partial charge in [-0.15, -0.1) is 0 Å². The summed E-state index contributed by atoms with van der Waals surface area (Å²) in [6.07, 6.45) is 4.86. The van der Waals surface area contributed by atoms with Crippen LogP contribution in [0.25, 0.3) is 0 Å². The maximum atomic E-state index is 11.7. The Balaban J connectivity index is 1.58. The van der Waals surface area contributed by atoms with Crippen LogP contribution >= 0.6 is 0 Å². The molecule has 3 rings (SSSR count). The van der Waals surface area contributed by atoms with Crippen molar-refractivity contribution in [3.63, 3.8) is 0 Å². The summed E-state index contributed by atoms with van der Waals surface area (Å²) in [6, 6.07) is 8.38. The van der Waals surface area contributed by atoms with Crippen molar-refractivity contribution >= 4 is 6.03 Å². The molecule has 1 aromatic carbocycles. The Morgan fingerprint density at radius 1 is 1.48 bits per heavy atom. The molecule has 0 bridgehead atoms. The number of aliphatic hydroxyl groups is 1. The van der Waals surface area contributed by atoms with E-state index in [0.717, 1.165) is 6.54 Å². The molecule has 1 fully saturated rings. The molecule has 1 aromatic rings. The van der Waals surface area contributed by atoms with Crippen molar-refractivity contribution in [2.45, 2.75) is 44.1 Å². The second-order valence-corrected chi connectivity index (χ2v) is 6.51. The van der Waals surface area contributed by atoms with Crippen molar-refractivity contribution in [3.8, 4) is 0 Å². The van der Waals surface area contributed by atoms with E-state index in [2.05, 4.69) is 34.9 Å². The lowest BCUT2D eigenvalue weighted by Gasteiger charge is -2.26. The van der Waals surface area contributed by atoms with E-state index in [1.54, 1.807) is 6.92 Å². The molecule has 0 aromatic heterocycles. The van der Waals surface area contributed by atoms with Gasteiger partial charge in [-0.25, -0.2) is 4.79 Å². The van der Waals surface area contributed by atoms with Crippen molar-refractivity contribution in [1.29, 1.82) is 0 Å². The topological polar surface area (TPSA) is 61.4 Å². The van der Waals surface area contributed by atoms with Gasteiger partial charge in [0.2, 0.25) is 0 Å². The average Bonchev–Trinajstić information content (AvgIpc) is 3.19. The van der Waals surface area contributed by atoms with Gasteiger partial charge in [-0.05, 0) is 49.7 Å². The minimum atomic E-state index is -0.200. The molecule has 0 radical (unpaired) electrons. The van der Waals surface area contributed by atoms with Crippen molar-refractivity contribution in [1.82, 2.24) is 10.6 Å². The van der Waals surface area contributed by atoms with Crippen LogP contribution in [0.4, 0.5) is 4.79 Å². The fraction of sp³-hybridized carbons (Fsp3) is 0.588. The second kappa shape index (κ2) is 5.68. The molecule has 2 amide bonds. The molecule has 21 heavy (non-hydrogen) atoms. The molecule has 2 aliphatic rings. The lowest BCUT2D eigenvalue weighted by atomic mass is 9.78. The zero-order chi connectivity index (χ0) is 14.9. The van der Waals surface area contributed by atoms with E-state index in [0.29, 0.717) is 11.3 Å². The Labute approximate surface area is 125 Å². The Morgan fingerprint density at radius 2 is 2.29 bits per heavy atom. The van der Waals surface area contributed by atoms with Crippen LogP contribution in [0, 0.1) is 5.92 Å². The van der Waals surface area contributed by atoms with Gasteiger partial charge in [0.05, 0.1) is 12.6 Å². The number of benzene rings is 1. The largest absolute Gasteiger partial charge is 0.394 e. The van der Waals surface area contributed by atoms with Gasteiger partial charge in [0.25, 0.3) is 0 Å². The minimum Gasteiger partial charge on any atom is -0.394 e. The maximum absolute atomic E-state index is 11.7. The zero-order valence-corrected chi connectivity index (χ0v) is 12.6.